The summed E-state index contributed by atoms with van der Waals surface area (Å²) in [6, 6.07) is 5.34. The molecule has 8 nitrogen and oxygen atoms in total. The van der Waals surface area contributed by atoms with E-state index in [0.717, 1.165) is 6.42 Å². The Morgan fingerprint density at radius 1 is 1.24 bits per heavy atom. The Morgan fingerprint density at radius 3 is 2.51 bits per heavy atom. The minimum atomic E-state index is -1.25. The zero-order valence-electron chi connectivity index (χ0n) is 24.0. The van der Waals surface area contributed by atoms with Gasteiger partial charge in [-0.2, -0.15) is 0 Å². The van der Waals surface area contributed by atoms with Crippen LogP contribution in [0.25, 0.3) is 0 Å². The maximum atomic E-state index is 14.8. The molecule has 0 saturated carbocycles. The number of aliphatic hydroxyl groups excluding tert-OH is 1. The van der Waals surface area contributed by atoms with Crippen LogP contribution >= 0.6 is 27.5 Å². The number of fused-ring (bicyclic) bond motifs is 1. The first-order chi connectivity index (χ1) is 19.6. The standard InChI is InChI=1S/C31H41BrClN3O5/c1-6-14-34(15-7-2)28(38)24-25-29(39)36(23(18-37)19(5)9-4)27(31(25)17-20(32)26(24)41-31)30(40)35(16-8-3)22-13-11-10-12-21(22)33/h6,8,10-13,19-20,23-27,37H,1,3,7,9,14-18H2,2,4-5H3/t19-,20?,23-,24+,25-,26+,27?,31?/m0/s1. The molecule has 0 aromatic heterocycles. The summed E-state index contributed by atoms with van der Waals surface area (Å²) in [6.07, 6.45) is 4.54. The highest BCUT2D eigenvalue weighted by Crippen LogP contribution is 2.61. The van der Waals surface area contributed by atoms with Crippen LogP contribution in [0.5, 0.6) is 0 Å². The van der Waals surface area contributed by atoms with Gasteiger partial charge in [0, 0.05) is 24.5 Å². The van der Waals surface area contributed by atoms with Crippen LogP contribution in [0.3, 0.4) is 0 Å². The average molecular weight is 651 g/mol. The quantitative estimate of drug-likeness (QED) is 0.252. The van der Waals surface area contributed by atoms with E-state index in [1.165, 1.54) is 9.80 Å². The lowest BCUT2D eigenvalue weighted by Gasteiger charge is -2.41. The molecule has 0 aliphatic carbocycles. The van der Waals surface area contributed by atoms with Crippen molar-refractivity contribution in [3.8, 4) is 0 Å². The maximum absolute atomic E-state index is 14.8. The van der Waals surface area contributed by atoms with E-state index in [4.69, 9.17) is 16.3 Å². The summed E-state index contributed by atoms with van der Waals surface area (Å²) in [7, 11) is 0. The molecule has 3 aliphatic heterocycles. The van der Waals surface area contributed by atoms with Crippen molar-refractivity contribution in [2.24, 2.45) is 17.8 Å². The number of carbonyl (C=O) groups excluding carboxylic acids is 3. The molecule has 3 heterocycles. The number of aliphatic hydroxyl groups is 1. The SMILES string of the molecule is C=CCN(CCC)C(=O)[C@H]1[C@@H]2OC3(CC2Br)C(C(=O)N(CC=C)c2ccccc2Cl)N([C@@H](CO)[C@@H](C)CC)C(=O)[C@H]13. The van der Waals surface area contributed by atoms with Crippen LogP contribution in [-0.4, -0.2) is 87.5 Å². The van der Waals surface area contributed by atoms with E-state index in [9.17, 15) is 19.5 Å². The van der Waals surface area contributed by atoms with Gasteiger partial charge in [-0.1, -0.05) is 79.0 Å². The number of halogens is 2. The highest BCUT2D eigenvalue weighted by Gasteiger charge is 2.77. The number of amides is 3. The molecule has 3 saturated heterocycles. The molecule has 1 aromatic rings. The van der Waals surface area contributed by atoms with Gasteiger partial charge in [0.05, 0.1) is 41.3 Å². The Kier molecular flexibility index (Phi) is 10.0. The van der Waals surface area contributed by atoms with Crippen molar-refractivity contribution in [2.45, 2.75) is 68.6 Å². The van der Waals surface area contributed by atoms with Gasteiger partial charge in [0.1, 0.15) is 11.6 Å². The number of ether oxygens (including phenoxy) is 1. The Balaban J connectivity index is 1.88. The fourth-order valence-electron chi connectivity index (χ4n) is 6.98. The number of rotatable bonds is 13. The topological polar surface area (TPSA) is 90.4 Å². The molecule has 3 unspecified atom stereocenters. The lowest BCUT2D eigenvalue weighted by molar-refractivity contribution is -0.148. The fraction of sp³-hybridized carbons (Fsp3) is 0.581. The predicted octanol–water partition coefficient (Wildman–Crippen LogP) is 4.44. The Hall–Kier alpha value is -2.20. The predicted molar refractivity (Wildman–Crippen MR) is 164 cm³/mol. The number of benzene rings is 1. The van der Waals surface area contributed by atoms with E-state index >= 15 is 0 Å². The normalized spacial score (nSPS) is 29.7. The number of anilines is 1. The largest absolute Gasteiger partial charge is 0.394 e. The van der Waals surface area contributed by atoms with E-state index in [2.05, 4.69) is 29.1 Å². The first-order valence-corrected chi connectivity index (χ1v) is 15.7. The van der Waals surface area contributed by atoms with E-state index in [1.54, 1.807) is 41.3 Å². The molecule has 0 radical (unpaired) electrons. The molecule has 1 N–H and O–H groups in total. The third kappa shape index (κ3) is 5.28. The van der Waals surface area contributed by atoms with Gasteiger partial charge in [0.15, 0.2) is 0 Å². The molecule has 1 spiro atoms. The molecule has 1 aromatic carbocycles. The summed E-state index contributed by atoms with van der Waals surface area (Å²) < 4.78 is 6.70. The third-order valence-corrected chi connectivity index (χ3v) is 10.1. The monoisotopic (exact) mass is 649 g/mol. The summed E-state index contributed by atoms with van der Waals surface area (Å²) >= 11 is 10.3. The van der Waals surface area contributed by atoms with Crippen molar-refractivity contribution in [3.05, 3.63) is 54.6 Å². The number of hydrogen-bond acceptors (Lipinski definition) is 5. The minimum absolute atomic E-state index is 0.105. The van der Waals surface area contributed by atoms with Gasteiger partial charge in [-0.25, -0.2) is 0 Å². The fourth-order valence-corrected chi connectivity index (χ4v) is 8.16. The van der Waals surface area contributed by atoms with Crippen molar-refractivity contribution < 1.29 is 24.2 Å². The van der Waals surface area contributed by atoms with Gasteiger partial charge in [-0.15, -0.1) is 13.2 Å². The van der Waals surface area contributed by atoms with Crippen molar-refractivity contribution in [1.29, 1.82) is 0 Å². The molecule has 2 bridgehead atoms. The number of likely N-dealkylation sites (tertiary alicyclic amines) is 1. The van der Waals surface area contributed by atoms with Gasteiger partial charge in [0.2, 0.25) is 11.8 Å². The van der Waals surface area contributed by atoms with Crippen molar-refractivity contribution in [1.82, 2.24) is 9.80 Å². The van der Waals surface area contributed by atoms with E-state index in [1.807, 2.05) is 20.8 Å². The van der Waals surface area contributed by atoms with Crippen LogP contribution in [0.15, 0.2) is 49.6 Å². The highest BCUT2D eigenvalue weighted by atomic mass is 79.9. The summed E-state index contributed by atoms with van der Waals surface area (Å²) in [5.41, 5.74) is -0.757. The first-order valence-electron chi connectivity index (χ1n) is 14.4. The lowest BCUT2D eigenvalue weighted by atomic mass is 9.70. The van der Waals surface area contributed by atoms with Crippen LogP contribution in [0.2, 0.25) is 5.02 Å². The molecule has 3 amide bonds. The van der Waals surface area contributed by atoms with Gasteiger partial charge >= 0.3 is 0 Å². The summed E-state index contributed by atoms with van der Waals surface area (Å²) in [4.78, 5) is 48.0. The van der Waals surface area contributed by atoms with Crippen LogP contribution in [-0.2, 0) is 19.1 Å². The number of alkyl halides is 1. The zero-order valence-corrected chi connectivity index (χ0v) is 26.4. The number of nitrogens with zero attached hydrogens (tertiary/aromatic N) is 3. The molecule has 41 heavy (non-hydrogen) atoms. The summed E-state index contributed by atoms with van der Waals surface area (Å²) in [5.74, 6) is -2.60. The van der Waals surface area contributed by atoms with Gasteiger partial charge in [0.25, 0.3) is 5.91 Å². The first kappa shape index (κ1) is 31.7. The van der Waals surface area contributed by atoms with E-state index in [0.29, 0.717) is 36.6 Å². The third-order valence-electron chi connectivity index (χ3n) is 8.97. The Bertz CT molecular complexity index is 1180. The second-order valence-electron chi connectivity index (χ2n) is 11.3. The maximum Gasteiger partial charge on any atom is 0.253 e. The van der Waals surface area contributed by atoms with Crippen molar-refractivity contribution in [2.75, 3.05) is 31.1 Å². The second-order valence-corrected chi connectivity index (χ2v) is 12.9. The minimum Gasteiger partial charge on any atom is -0.394 e. The number of para-hydroxylation sites is 1. The average Bonchev–Trinajstić information content (AvgIpc) is 3.55. The molecular weight excluding hydrogens is 610 g/mol. The molecule has 4 rings (SSSR count). The highest BCUT2D eigenvalue weighted by molar-refractivity contribution is 9.09. The van der Waals surface area contributed by atoms with Crippen LogP contribution < -0.4 is 4.90 Å². The van der Waals surface area contributed by atoms with Crippen LogP contribution in [0, 0.1) is 17.8 Å². The Labute approximate surface area is 256 Å². The molecule has 224 valence electrons. The lowest BCUT2D eigenvalue weighted by Crippen LogP contribution is -2.60. The summed E-state index contributed by atoms with van der Waals surface area (Å²) in [5, 5.41) is 11.0. The second kappa shape index (κ2) is 13.0. The van der Waals surface area contributed by atoms with Crippen LogP contribution in [0.1, 0.15) is 40.0 Å². The smallest absolute Gasteiger partial charge is 0.253 e. The molecule has 3 fully saturated rings. The Morgan fingerprint density at radius 2 is 1.93 bits per heavy atom. The molecule has 10 heteroatoms. The number of carbonyl (C=O) groups is 3. The van der Waals surface area contributed by atoms with Crippen molar-refractivity contribution in [3.63, 3.8) is 0 Å². The number of hydrogen-bond donors (Lipinski definition) is 1. The van der Waals surface area contributed by atoms with E-state index < -0.39 is 35.6 Å². The van der Waals surface area contributed by atoms with Crippen LogP contribution in [0.4, 0.5) is 5.69 Å². The molecule has 3 aliphatic rings. The van der Waals surface area contributed by atoms with Gasteiger partial charge in [-0.05, 0) is 30.9 Å². The van der Waals surface area contributed by atoms with Crippen molar-refractivity contribution >= 4 is 50.9 Å². The molecular formula is C31H41BrClN3O5. The van der Waals surface area contributed by atoms with Gasteiger partial charge in [-0.3, -0.25) is 14.4 Å². The molecule has 8 atom stereocenters. The van der Waals surface area contributed by atoms with Gasteiger partial charge < -0.3 is 24.5 Å². The summed E-state index contributed by atoms with van der Waals surface area (Å²) in [6.45, 7) is 14.3. The van der Waals surface area contributed by atoms with E-state index in [-0.39, 0.29) is 41.6 Å². The zero-order chi connectivity index (χ0) is 30.1.